The Kier molecular flexibility index (Phi) is 5.39. The Morgan fingerprint density at radius 2 is 1.78 bits per heavy atom. The molecule has 0 spiro atoms. The molecule has 1 fully saturated rings. The van der Waals surface area contributed by atoms with E-state index < -0.39 is 6.10 Å². The van der Waals surface area contributed by atoms with Gasteiger partial charge < -0.3 is 19.4 Å². The van der Waals surface area contributed by atoms with Crippen LogP contribution in [0.1, 0.15) is 26.3 Å². The molecule has 27 heavy (non-hydrogen) atoms. The van der Waals surface area contributed by atoms with Crippen molar-refractivity contribution in [1.82, 2.24) is 9.80 Å². The Morgan fingerprint density at radius 1 is 1.15 bits per heavy atom. The fourth-order valence-electron chi connectivity index (χ4n) is 3.49. The van der Waals surface area contributed by atoms with Crippen molar-refractivity contribution >= 4 is 23.4 Å². The summed E-state index contributed by atoms with van der Waals surface area (Å²) in [5.74, 6) is 0.704. The Bertz CT molecular complexity index is 754. The molecule has 1 aromatic carbocycles. The average Bonchev–Trinajstić information content (AvgIpc) is 2.66. The maximum atomic E-state index is 12.7. The molecule has 2 aliphatic heterocycles. The molecule has 0 aromatic heterocycles. The molecule has 1 atom stereocenters. The van der Waals surface area contributed by atoms with E-state index in [0.717, 1.165) is 5.56 Å². The fraction of sp³-hybridized carbons (Fsp3) is 0.550. The van der Waals surface area contributed by atoms with Crippen molar-refractivity contribution in [2.45, 2.75) is 33.3 Å². The van der Waals surface area contributed by atoms with Crippen LogP contribution in [0.5, 0.6) is 5.75 Å². The van der Waals surface area contributed by atoms with Gasteiger partial charge in [0.2, 0.25) is 11.8 Å². The first-order valence-corrected chi connectivity index (χ1v) is 9.41. The summed E-state index contributed by atoms with van der Waals surface area (Å²) in [5.41, 5.74) is 1.54. The molecular formula is C20H27N3O4. The summed E-state index contributed by atoms with van der Waals surface area (Å²) in [6, 6.07) is 5.53. The lowest BCUT2D eigenvalue weighted by Crippen LogP contribution is -2.51. The summed E-state index contributed by atoms with van der Waals surface area (Å²) >= 11 is 0. The van der Waals surface area contributed by atoms with Crippen LogP contribution in [0, 0.1) is 5.92 Å². The lowest BCUT2D eigenvalue weighted by atomic mass is 10.1. The molecule has 1 unspecified atom stereocenters. The highest BCUT2D eigenvalue weighted by molar-refractivity contribution is 5.99. The molecular weight excluding hydrogens is 346 g/mol. The number of benzene rings is 1. The van der Waals surface area contributed by atoms with E-state index in [-0.39, 0.29) is 30.1 Å². The van der Waals surface area contributed by atoms with Gasteiger partial charge in [0, 0.05) is 39.1 Å². The van der Waals surface area contributed by atoms with E-state index in [1.54, 1.807) is 23.8 Å². The molecule has 0 saturated carbocycles. The van der Waals surface area contributed by atoms with E-state index in [4.69, 9.17) is 4.74 Å². The summed E-state index contributed by atoms with van der Waals surface area (Å²) < 4.78 is 5.62. The largest absolute Gasteiger partial charge is 0.479 e. The van der Waals surface area contributed by atoms with E-state index in [0.29, 0.717) is 37.6 Å². The number of anilines is 1. The number of likely N-dealkylation sites (N-methyl/N-ethyl adjacent to an activating group) is 1. The van der Waals surface area contributed by atoms with Gasteiger partial charge in [-0.1, -0.05) is 19.9 Å². The minimum Gasteiger partial charge on any atom is -0.479 e. The summed E-state index contributed by atoms with van der Waals surface area (Å²) in [7, 11) is 1.72. The quantitative estimate of drug-likeness (QED) is 0.801. The van der Waals surface area contributed by atoms with E-state index in [9.17, 15) is 14.4 Å². The summed E-state index contributed by atoms with van der Waals surface area (Å²) in [6.07, 6.45) is -0.233. The lowest BCUT2D eigenvalue weighted by molar-refractivity contribution is -0.141. The highest BCUT2D eigenvalue weighted by Gasteiger charge is 2.30. The van der Waals surface area contributed by atoms with Crippen LogP contribution < -0.4 is 9.64 Å². The van der Waals surface area contributed by atoms with Gasteiger partial charge in [-0.3, -0.25) is 14.4 Å². The van der Waals surface area contributed by atoms with Crippen LogP contribution in [0.3, 0.4) is 0 Å². The number of hydrogen-bond donors (Lipinski definition) is 0. The first kappa shape index (κ1) is 19.2. The van der Waals surface area contributed by atoms with Crippen LogP contribution in [-0.4, -0.2) is 66.9 Å². The first-order chi connectivity index (χ1) is 12.8. The molecule has 3 amide bonds. The van der Waals surface area contributed by atoms with Gasteiger partial charge in [-0.25, -0.2) is 0 Å². The highest BCUT2D eigenvalue weighted by Crippen LogP contribution is 2.34. The van der Waals surface area contributed by atoms with Crippen LogP contribution in [0.4, 0.5) is 5.69 Å². The van der Waals surface area contributed by atoms with Crippen molar-refractivity contribution in [2.75, 3.05) is 38.1 Å². The van der Waals surface area contributed by atoms with Crippen molar-refractivity contribution in [3.8, 4) is 5.75 Å². The van der Waals surface area contributed by atoms with Crippen LogP contribution in [0.15, 0.2) is 18.2 Å². The molecule has 1 aromatic rings. The highest BCUT2D eigenvalue weighted by atomic mass is 16.5. The Hall–Kier alpha value is -2.57. The van der Waals surface area contributed by atoms with Gasteiger partial charge in [-0.2, -0.15) is 0 Å². The van der Waals surface area contributed by atoms with Crippen molar-refractivity contribution in [3.63, 3.8) is 0 Å². The molecule has 0 radical (unpaired) electrons. The summed E-state index contributed by atoms with van der Waals surface area (Å²) in [4.78, 5) is 42.0. The Balaban J connectivity index is 1.63. The molecule has 0 N–H and O–H groups in total. The monoisotopic (exact) mass is 373 g/mol. The molecule has 3 rings (SSSR count). The number of carbonyl (C=O) groups is 3. The molecule has 7 heteroatoms. The fourth-order valence-corrected chi connectivity index (χ4v) is 3.49. The maximum absolute atomic E-state index is 12.7. The van der Waals surface area contributed by atoms with Gasteiger partial charge in [-0.05, 0) is 24.6 Å². The predicted molar refractivity (Wildman–Crippen MR) is 102 cm³/mol. The lowest BCUT2D eigenvalue weighted by Gasteiger charge is -2.35. The average molecular weight is 373 g/mol. The van der Waals surface area contributed by atoms with Gasteiger partial charge in [0.1, 0.15) is 5.75 Å². The van der Waals surface area contributed by atoms with Crippen LogP contribution in [0.2, 0.25) is 0 Å². The number of ether oxygens (including phenoxy) is 1. The second-order valence-electron chi connectivity index (χ2n) is 7.50. The van der Waals surface area contributed by atoms with E-state index in [2.05, 4.69) is 0 Å². The molecule has 146 valence electrons. The van der Waals surface area contributed by atoms with Crippen LogP contribution >= 0.6 is 0 Å². The summed E-state index contributed by atoms with van der Waals surface area (Å²) in [5, 5.41) is 0. The number of piperazine rings is 1. The first-order valence-electron chi connectivity index (χ1n) is 9.41. The number of fused-ring (bicyclic) bond motifs is 1. The van der Waals surface area contributed by atoms with Crippen molar-refractivity contribution in [2.24, 2.45) is 5.92 Å². The molecule has 7 nitrogen and oxygen atoms in total. The number of hydrogen-bond acceptors (Lipinski definition) is 4. The topological polar surface area (TPSA) is 70.2 Å². The SMILES string of the molecule is CC(C)C(=O)N1CCN(C(=O)Cc2ccc3c(c2)N(C)C(=O)C(C)O3)CC1. The predicted octanol–water partition coefficient (Wildman–Crippen LogP) is 1.30. The van der Waals surface area contributed by atoms with E-state index in [1.807, 2.05) is 36.9 Å². The molecule has 2 aliphatic rings. The minimum atomic E-state index is -0.500. The van der Waals surface area contributed by atoms with Crippen LogP contribution in [0.25, 0.3) is 0 Å². The Morgan fingerprint density at radius 3 is 2.41 bits per heavy atom. The third-order valence-electron chi connectivity index (χ3n) is 5.16. The van der Waals surface area contributed by atoms with Gasteiger partial charge in [0.05, 0.1) is 12.1 Å². The van der Waals surface area contributed by atoms with E-state index in [1.165, 1.54) is 0 Å². The third kappa shape index (κ3) is 3.91. The van der Waals surface area contributed by atoms with Gasteiger partial charge in [-0.15, -0.1) is 0 Å². The zero-order valence-electron chi connectivity index (χ0n) is 16.4. The third-order valence-corrected chi connectivity index (χ3v) is 5.16. The molecule has 2 heterocycles. The number of amides is 3. The van der Waals surface area contributed by atoms with Gasteiger partial charge in [0.25, 0.3) is 5.91 Å². The van der Waals surface area contributed by atoms with E-state index >= 15 is 0 Å². The normalized spacial score (nSPS) is 19.8. The van der Waals surface area contributed by atoms with Crippen molar-refractivity contribution in [1.29, 1.82) is 0 Å². The van der Waals surface area contributed by atoms with Crippen molar-refractivity contribution < 1.29 is 19.1 Å². The molecule has 0 bridgehead atoms. The number of carbonyl (C=O) groups excluding carboxylic acids is 3. The minimum absolute atomic E-state index is 0.0209. The second kappa shape index (κ2) is 7.58. The zero-order valence-corrected chi connectivity index (χ0v) is 16.4. The standard InChI is InChI=1S/C20H27N3O4/c1-13(2)19(25)23-9-7-22(8-10-23)18(24)12-15-5-6-17-16(11-15)21(4)20(26)14(3)27-17/h5-6,11,13-14H,7-10,12H2,1-4H3. The summed E-state index contributed by atoms with van der Waals surface area (Å²) in [6.45, 7) is 7.78. The van der Waals surface area contributed by atoms with Crippen molar-refractivity contribution in [3.05, 3.63) is 23.8 Å². The zero-order chi connectivity index (χ0) is 19.7. The molecule has 1 saturated heterocycles. The number of rotatable bonds is 3. The molecule has 0 aliphatic carbocycles. The van der Waals surface area contributed by atoms with Gasteiger partial charge in [0.15, 0.2) is 6.10 Å². The second-order valence-corrected chi connectivity index (χ2v) is 7.50. The van der Waals surface area contributed by atoms with Crippen LogP contribution in [-0.2, 0) is 20.8 Å². The smallest absolute Gasteiger partial charge is 0.267 e. The maximum Gasteiger partial charge on any atom is 0.267 e. The number of nitrogens with zero attached hydrogens (tertiary/aromatic N) is 3. The Labute approximate surface area is 159 Å². The van der Waals surface area contributed by atoms with Gasteiger partial charge >= 0.3 is 0 Å².